The first kappa shape index (κ1) is 35.7. The van der Waals surface area contributed by atoms with Crippen molar-refractivity contribution in [2.45, 2.75) is 30.6 Å². The molecule has 0 atom stereocenters. The number of azide groups is 1. The molecular formula is C42H41N6O4S+. The van der Waals surface area contributed by atoms with E-state index >= 15 is 0 Å². The highest BCUT2D eigenvalue weighted by atomic mass is 32.2. The highest BCUT2D eigenvalue weighted by Gasteiger charge is 2.34. The Bertz CT molecular complexity index is 2470. The Morgan fingerprint density at radius 3 is 2.32 bits per heavy atom. The molecule has 0 unspecified atom stereocenters. The van der Waals surface area contributed by atoms with E-state index in [1.807, 2.05) is 123 Å². The van der Waals surface area contributed by atoms with E-state index in [0.29, 0.717) is 42.6 Å². The summed E-state index contributed by atoms with van der Waals surface area (Å²) in [6.07, 6.45) is 1.72. The number of carbonyl (C=O) groups excluding carboxylic acids is 1. The minimum Gasteiger partial charge on any atom is -0.456 e. The van der Waals surface area contributed by atoms with Crippen molar-refractivity contribution in [3.8, 4) is 22.5 Å². The average Bonchev–Trinajstić information content (AvgIpc) is 3.21. The van der Waals surface area contributed by atoms with E-state index in [1.54, 1.807) is 12.1 Å². The van der Waals surface area contributed by atoms with E-state index in [1.165, 1.54) is 4.31 Å². The molecule has 4 aromatic carbocycles. The topological polar surface area (TPSA) is 123 Å². The van der Waals surface area contributed by atoms with Gasteiger partial charge in [0.25, 0.3) is 0 Å². The maximum absolute atomic E-state index is 14.5. The van der Waals surface area contributed by atoms with E-state index in [9.17, 15) is 13.2 Å². The summed E-state index contributed by atoms with van der Waals surface area (Å²) in [4.78, 5) is 17.9. The van der Waals surface area contributed by atoms with E-state index in [-0.39, 0.29) is 36.2 Å². The van der Waals surface area contributed by atoms with Crippen LogP contribution in [0.25, 0.3) is 43.9 Å². The number of Topliss-reactive ketones (excluding diaryl/α,β-unsaturated/α-hetero) is 1. The molecular weight excluding hydrogens is 685 g/mol. The van der Waals surface area contributed by atoms with Crippen molar-refractivity contribution in [3.05, 3.63) is 137 Å². The van der Waals surface area contributed by atoms with Gasteiger partial charge in [0.15, 0.2) is 0 Å². The van der Waals surface area contributed by atoms with Gasteiger partial charge >= 0.3 is 0 Å². The van der Waals surface area contributed by atoms with Crippen LogP contribution in [0.3, 0.4) is 0 Å². The van der Waals surface area contributed by atoms with Gasteiger partial charge in [0.1, 0.15) is 24.2 Å². The third-order valence-corrected chi connectivity index (χ3v) is 12.1. The number of ketones is 1. The average molecular weight is 726 g/mol. The summed E-state index contributed by atoms with van der Waals surface area (Å²) in [6.45, 7) is 0.775. The van der Waals surface area contributed by atoms with Crippen LogP contribution in [0.4, 0.5) is 17.1 Å². The summed E-state index contributed by atoms with van der Waals surface area (Å²) in [5.41, 5.74) is 14.3. The van der Waals surface area contributed by atoms with Gasteiger partial charge in [-0.1, -0.05) is 59.7 Å². The highest BCUT2D eigenvalue weighted by Crippen LogP contribution is 2.44. The number of anilines is 2. The molecule has 0 bridgehead atoms. The monoisotopic (exact) mass is 725 g/mol. The molecule has 1 saturated heterocycles. The molecule has 4 aromatic rings. The van der Waals surface area contributed by atoms with Gasteiger partial charge in [-0.2, -0.15) is 8.88 Å². The van der Waals surface area contributed by atoms with Crippen LogP contribution in [0.15, 0.2) is 136 Å². The Morgan fingerprint density at radius 2 is 1.58 bits per heavy atom. The van der Waals surface area contributed by atoms with Gasteiger partial charge in [-0.25, -0.2) is 8.42 Å². The molecule has 53 heavy (non-hydrogen) atoms. The maximum Gasteiger partial charge on any atom is 0.243 e. The fraction of sp³-hybridized carbons (Fsp3) is 0.238. The van der Waals surface area contributed by atoms with Gasteiger partial charge < -0.3 is 9.32 Å². The Morgan fingerprint density at radius 1 is 0.887 bits per heavy atom. The number of piperidine rings is 1. The zero-order chi connectivity index (χ0) is 37.0. The summed E-state index contributed by atoms with van der Waals surface area (Å²) >= 11 is 0. The van der Waals surface area contributed by atoms with Gasteiger partial charge in [-0.15, -0.1) is 0 Å². The third-order valence-electron chi connectivity index (χ3n) is 10.2. The van der Waals surface area contributed by atoms with Crippen LogP contribution in [0.2, 0.25) is 0 Å². The number of para-hydroxylation sites is 2. The summed E-state index contributed by atoms with van der Waals surface area (Å²) < 4.78 is 39.4. The quantitative estimate of drug-likeness (QED) is 0.0330. The summed E-state index contributed by atoms with van der Waals surface area (Å²) in [5.74, 6) is 0.508. The predicted octanol–water partition coefficient (Wildman–Crippen LogP) is 8.77. The Labute approximate surface area is 309 Å². The van der Waals surface area contributed by atoms with Crippen molar-refractivity contribution >= 4 is 43.8 Å². The molecule has 268 valence electrons. The second-order valence-electron chi connectivity index (χ2n) is 13.3. The standard InChI is InChI=1S/C42H41N6O4S/c1-46(31-12-5-3-6-13-31)33-19-21-35-39(28-33)52-40-29-34(47(2)32-14-7-4-8-15-32)20-22-36(40)42(35)37-16-9-10-18-41(37)53(50,51)48-26-23-30(24-27-48)38(49)17-11-25-44-45-43/h3-10,12-16,18-22,28-30H,11,17,23-27H2,1-2H3/q+1. The Kier molecular flexibility index (Phi) is 10.4. The number of sulfonamides is 1. The molecule has 1 fully saturated rings. The Balaban J connectivity index is 1.33. The van der Waals surface area contributed by atoms with E-state index in [0.717, 1.165) is 38.9 Å². The van der Waals surface area contributed by atoms with Crippen molar-refractivity contribution < 1.29 is 17.6 Å². The molecule has 10 nitrogen and oxygen atoms in total. The fourth-order valence-electron chi connectivity index (χ4n) is 7.20. The number of fused-ring (bicyclic) bond motifs is 2. The van der Waals surface area contributed by atoms with Crippen LogP contribution < -0.4 is 14.8 Å². The van der Waals surface area contributed by atoms with Gasteiger partial charge in [-0.3, -0.25) is 4.79 Å². The molecule has 0 spiro atoms. The second kappa shape index (κ2) is 15.5. The first-order valence-corrected chi connectivity index (χ1v) is 19.2. The van der Waals surface area contributed by atoms with Crippen LogP contribution in [-0.2, 0) is 14.8 Å². The summed E-state index contributed by atoms with van der Waals surface area (Å²) in [7, 11) is 0.0676. The van der Waals surface area contributed by atoms with Gasteiger partial charge in [0.2, 0.25) is 21.1 Å². The van der Waals surface area contributed by atoms with Gasteiger partial charge in [0, 0.05) is 102 Å². The number of nitrogens with zero attached hydrogens (tertiary/aromatic N) is 6. The molecule has 0 aromatic heterocycles. The molecule has 0 N–H and O–H groups in total. The van der Waals surface area contributed by atoms with Crippen molar-refractivity contribution in [1.29, 1.82) is 0 Å². The molecule has 2 heterocycles. The molecule has 3 aliphatic rings. The number of carbonyl (C=O) groups is 1. The maximum atomic E-state index is 14.5. The molecule has 1 aliphatic carbocycles. The van der Waals surface area contributed by atoms with Crippen LogP contribution in [-0.4, -0.2) is 52.2 Å². The van der Waals surface area contributed by atoms with Crippen molar-refractivity contribution in [1.82, 2.24) is 8.88 Å². The van der Waals surface area contributed by atoms with Gasteiger partial charge in [0.05, 0.1) is 11.0 Å². The fourth-order valence-corrected chi connectivity index (χ4v) is 8.87. The minimum atomic E-state index is -3.95. The third kappa shape index (κ3) is 7.32. The minimum absolute atomic E-state index is 0.0936. The molecule has 0 radical (unpaired) electrons. The lowest BCUT2D eigenvalue weighted by atomic mass is 9.91. The highest BCUT2D eigenvalue weighted by molar-refractivity contribution is 7.89. The second-order valence-corrected chi connectivity index (χ2v) is 15.2. The first-order chi connectivity index (χ1) is 25.8. The predicted molar refractivity (Wildman–Crippen MR) is 210 cm³/mol. The smallest absolute Gasteiger partial charge is 0.243 e. The van der Waals surface area contributed by atoms with E-state index < -0.39 is 10.0 Å². The van der Waals surface area contributed by atoms with Crippen molar-refractivity contribution in [2.24, 2.45) is 11.0 Å². The molecule has 2 aliphatic heterocycles. The zero-order valence-electron chi connectivity index (χ0n) is 29.8. The van der Waals surface area contributed by atoms with E-state index in [2.05, 4.69) is 19.5 Å². The lowest BCUT2D eigenvalue weighted by Crippen LogP contribution is -2.40. The Hall–Kier alpha value is -5.74. The number of hydrogen-bond acceptors (Lipinski definition) is 6. The number of rotatable bonds is 11. The van der Waals surface area contributed by atoms with Crippen LogP contribution in [0, 0.1) is 5.92 Å². The zero-order valence-corrected chi connectivity index (χ0v) is 30.6. The first-order valence-electron chi connectivity index (χ1n) is 17.8. The van der Waals surface area contributed by atoms with Crippen LogP contribution in [0.5, 0.6) is 0 Å². The molecule has 11 heteroatoms. The van der Waals surface area contributed by atoms with Crippen molar-refractivity contribution in [3.63, 3.8) is 0 Å². The van der Waals surface area contributed by atoms with Crippen molar-refractivity contribution in [2.75, 3.05) is 38.6 Å². The van der Waals surface area contributed by atoms with Crippen LogP contribution >= 0.6 is 0 Å². The van der Waals surface area contributed by atoms with E-state index in [4.69, 9.17) is 9.95 Å². The van der Waals surface area contributed by atoms with Crippen LogP contribution in [0.1, 0.15) is 25.7 Å². The lowest BCUT2D eigenvalue weighted by Gasteiger charge is -2.31. The summed E-state index contributed by atoms with van der Waals surface area (Å²) in [6, 6.07) is 39.4. The number of benzene rings is 5. The summed E-state index contributed by atoms with van der Waals surface area (Å²) in [5, 5.41) is 5.23. The van der Waals surface area contributed by atoms with Gasteiger partial charge in [-0.05, 0) is 61.2 Å². The lowest BCUT2D eigenvalue weighted by molar-refractivity contribution is -0.124. The number of hydrogen-bond donors (Lipinski definition) is 0. The molecule has 0 saturated carbocycles. The normalized spacial score (nSPS) is 14.5. The molecule has 0 amide bonds. The SMILES string of the molecule is CN(c1ccccc1)c1ccc2c(-c3ccccc3S(=O)(=O)N3CCC(C(=O)CCCN=[N+]=[N-])CC3)c3ccc(=[N+](C)c4ccccc4)cc-3oc2c1. The largest absolute Gasteiger partial charge is 0.456 e. The molecule has 7 rings (SSSR count).